The molecule has 1 unspecified atom stereocenters. The van der Waals surface area contributed by atoms with Crippen molar-refractivity contribution in [3.63, 3.8) is 0 Å². The molecule has 0 aromatic carbocycles. The molecule has 0 saturated carbocycles. The third-order valence-corrected chi connectivity index (χ3v) is 3.81. The number of aryl methyl sites for hydroxylation is 2. The van der Waals surface area contributed by atoms with Gasteiger partial charge in [-0.15, -0.1) is 11.3 Å². The standard InChI is InChI=1S/C14H18N2S/c1-11-5-3-7-14(16-11)13(15-2)9-8-12-6-4-10-17-12/h3-7,10,13,15H,8-9H2,1-2H3. The largest absolute Gasteiger partial charge is 0.312 e. The second kappa shape index (κ2) is 5.94. The normalized spacial score (nSPS) is 12.6. The molecule has 0 aliphatic carbocycles. The molecule has 90 valence electrons. The maximum absolute atomic E-state index is 4.59. The molecule has 0 bridgehead atoms. The van der Waals surface area contributed by atoms with Gasteiger partial charge in [0.05, 0.1) is 5.69 Å². The summed E-state index contributed by atoms with van der Waals surface area (Å²) >= 11 is 1.83. The number of nitrogens with zero attached hydrogens (tertiary/aromatic N) is 1. The predicted molar refractivity (Wildman–Crippen MR) is 73.4 cm³/mol. The Bertz CT molecular complexity index is 451. The number of aromatic nitrogens is 1. The van der Waals surface area contributed by atoms with Gasteiger partial charge >= 0.3 is 0 Å². The summed E-state index contributed by atoms with van der Waals surface area (Å²) in [6.07, 6.45) is 2.20. The predicted octanol–water partition coefficient (Wildman–Crippen LogP) is 3.34. The van der Waals surface area contributed by atoms with Crippen LogP contribution >= 0.6 is 11.3 Å². The Morgan fingerprint density at radius 1 is 1.29 bits per heavy atom. The quantitative estimate of drug-likeness (QED) is 0.875. The van der Waals surface area contributed by atoms with E-state index in [0.29, 0.717) is 6.04 Å². The van der Waals surface area contributed by atoms with E-state index in [9.17, 15) is 0 Å². The van der Waals surface area contributed by atoms with Crippen molar-refractivity contribution in [2.45, 2.75) is 25.8 Å². The van der Waals surface area contributed by atoms with Crippen LogP contribution < -0.4 is 5.32 Å². The average molecular weight is 246 g/mol. The van der Waals surface area contributed by atoms with Crippen molar-refractivity contribution in [1.29, 1.82) is 0 Å². The van der Waals surface area contributed by atoms with E-state index in [1.165, 1.54) is 4.88 Å². The summed E-state index contributed by atoms with van der Waals surface area (Å²) in [6.45, 7) is 2.04. The molecule has 17 heavy (non-hydrogen) atoms. The Labute approximate surface area is 107 Å². The molecule has 1 atom stereocenters. The monoisotopic (exact) mass is 246 g/mol. The molecular weight excluding hydrogens is 228 g/mol. The van der Waals surface area contributed by atoms with E-state index in [1.54, 1.807) is 0 Å². The molecule has 2 rings (SSSR count). The molecule has 0 amide bonds. The topological polar surface area (TPSA) is 24.9 Å². The minimum absolute atomic E-state index is 0.344. The molecule has 2 aromatic rings. The lowest BCUT2D eigenvalue weighted by atomic mass is 10.1. The van der Waals surface area contributed by atoms with E-state index >= 15 is 0 Å². The van der Waals surface area contributed by atoms with Crippen LogP contribution in [0.25, 0.3) is 0 Å². The minimum atomic E-state index is 0.344. The van der Waals surface area contributed by atoms with Gasteiger partial charge in [-0.1, -0.05) is 12.1 Å². The lowest BCUT2D eigenvalue weighted by Gasteiger charge is -2.15. The third kappa shape index (κ3) is 3.38. The van der Waals surface area contributed by atoms with Crippen molar-refractivity contribution in [3.8, 4) is 0 Å². The van der Waals surface area contributed by atoms with Crippen LogP contribution in [0.4, 0.5) is 0 Å². The van der Waals surface area contributed by atoms with Crippen LogP contribution in [0.15, 0.2) is 35.7 Å². The van der Waals surface area contributed by atoms with E-state index in [0.717, 1.165) is 24.2 Å². The molecule has 2 heterocycles. The molecule has 0 saturated heterocycles. The van der Waals surface area contributed by atoms with Crippen LogP contribution in [0, 0.1) is 6.92 Å². The zero-order valence-electron chi connectivity index (χ0n) is 10.3. The zero-order valence-corrected chi connectivity index (χ0v) is 11.1. The number of thiophene rings is 1. The molecule has 0 spiro atoms. The second-order valence-electron chi connectivity index (χ2n) is 4.16. The van der Waals surface area contributed by atoms with Crippen LogP contribution in [0.3, 0.4) is 0 Å². The highest BCUT2D eigenvalue weighted by Crippen LogP contribution is 2.19. The summed E-state index contributed by atoms with van der Waals surface area (Å²) in [6, 6.07) is 10.9. The molecule has 1 N–H and O–H groups in total. The Hall–Kier alpha value is -1.19. The first kappa shape index (κ1) is 12.3. The van der Waals surface area contributed by atoms with Crippen LogP contribution in [0.1, 0.15) is 28.7 Å². The molecule has 0 radical (unpaired) electrons. The maximum atomic E-state index is 4.59. The number of nitrogens with one attached hydrogen (secondary N) is 1. The van der Waals surface area contributed by atoms with Gasteiger partial charge in [0.1, 0.15) is 0 Å². The van der Waals surface area contributed by atoms with E-state index in [-0.39, 0.29) is 0 Å². The fraction of sp³-hybridized carbons (Fsp3) is 0.357. The highest BCUT2D eigenvalue weighted by Gasteiger charge is 2.10. The van der Waals surface area contributed by atoms with E-state index in [1.807, 2.05) is 31.4 Å². The lowest BCUT2D eigenvalue weighted by molar-refractivity contribution is 0.537. The number of pyridine rings is 1. The first-order valence-corrected chi connectivity index (χ1v) is 6.81. The number of hydrogen-bond donors (Lipinski definition) is 1. The fourth-order valence-electron chi connectivity index (χ4n) is 1.94. The van der Waals surface area contributed by atoms with E-state index in [4.69, 9.17) is 0 Å². The summed E-state index contributed by atoms with van der Waals surface area (Å²) in [5, 5.41) is 5.48. The minimum Gasteiger partial charge on any atom is -0.312 e. The Morgan fingerprint density at radius 2 is 2.18 bits per heavy atom. The third-order valence-electron chi connectivity index (χ3n) is 2.87. The van der Waals surface area contributed by atoms with Crippen molar-refractivity contribution >= 4 is 11.3 Å². The summed E-state index contributed by atoms with van der Waals surface area (Å²) in [5.74, 6) is 0. The smallest absolute Gasteiger partial charge is 0.0576 e. The SMILES string of the molecule is CNC(CCc1cccs1)c1cccc(C)n1. The fourth-order valence-corrected chi connectivity index (χ4v) is 2.66. The summed E-state index contributed by atoms with van der Waals surface area (Å²) in [7, 11) is 2.00. The van der Waals surface area contributed by atoms with Crippen LogP contribution in [0.2, 0.25) is 0 Å². The van der Waals surface area contributed by atoms with Crippen LogP contribution in [0.5, 0.6) is 0 Å². The summed E-state index contributed by atoms with van der Waals surface area (Å²) in [5.41, 5.74) is 2.22. The average Bonchev–Trinajstić information content (AvgIpc) is 2.83. The maximum Gasteiger partial charge on any atom is 0.0576 e. The van der Waals surface area contributed by atoms with E-state index < -0.39 is 0 Å². The number of hydrogen-bond acceptors (Lipinski definition) is 3. The van der Waals surface area contributed by atoms with Gasteiger partial charge in [0, 0.05) is 16.6 Å². The van der Waals surface area contributed by atoms with E-state index in [2.05, 4.69) is 39.9 Å². The van der Waals surface area contributed by atoms with Crippen LogP contribution in [-0.4, -0.2) is 12.0 Å². The molecule has 0 fully saturated rings. The van der Waals surface area contributed by atoms with Gasteiger partial charge in [-0.2, -0.15) is 0 Å². The Kier molecular flexibility index (Phi) is 4.29. The van der Waals surface area contributed by atoms with Gasteiger partial charge in [0.15, 0.2) is 0 Å². The first-order valence-electron chi connectivity index (χ1n) is 5.93. The molecule has 0 aliphatic rings. The molecule has 2 aromatic heterocycles. The lowest BCUT2D eigenvalue weighted by Crippen LogP contribution is -2.18. The highest BCUT2D eigenvalue weighted by atomic mass is 32.1. The van der Waals surface area contributed by atoms with Gasteiger partial charge in [-0.25, -0.2) is 0 Å². The van der Waals surface area contributed by atoms with Crippen molar-refractivity contribution in [3.05, 3.63) is 52.0 Å². The van der Waals surface area contributed by atoms with Crippen molar-refractivity contribution in [2.75, 3.05) is 7.05 Å². The summed E-state index contributed by atoms with van der Waals surface area (Å²) in [4.78, 5) is 6.03. The van der Waals surface area contributed by atoms with Gasteiger partial charge in [-0.05, 0) is 50.4 Å². The first-order chi connectivity index (χ1) is 8.29. The highest BCUT2D eigenvalue weighted by molar-refractivity contribution is 7.09. The number of rotatable bonds is 5. The Balaban J connectivity index is 2.01. The molecule has 2 nitrogen and oxygen atoms in total. The summed E-state index contributed by atoms with van der Waals surface area (Å²) < 4.78 is 0. The van der Waals surface area contributed by atoms with Crippen molar-refractivity contribution < 1.29 is 0 Å². The van der Waals surface area contributed by atoms with Crippen molar-refractivity contribution in [1.82, 2.24) is 10.3 Å². The Morgan fingerprint density at radius 3 is 2.82 bits per heavy atom. The molecular formula is C14H18N2S. The van der Waals surface area contributed by atoms with Gasteiger partial charge in [0.25, 0.3) is 0 Å². The van der Waals surface area contributed by atoms with Crippen LogP contribution in [-0.2, 0) is 6.42 Å². The van der Waals surface area contributed by atoms with Gasteiger partial charge in [-0.3, -0.25) is 4.98 Å². The molecule has 3 heteroatoms. The zero-order chi connectivity index (χ0) is 12.1. The van der Waals surface area contributed by atoms with Gasteiger partial charge in [0.2, 0.25) is 0 Å². The van der Waals surface area contributed by atoms with Crippen molar-refractivity contribution in [2.24, 2.45) is 0 Å². The van der Waals surface area contributed by atoms with Gasteiger partial charge < -0.3 is 5.32 Å². The second-order valence-corrected chi connectivity index (χ2v) is 5.20. The molecule has 0 aliphatic heterocycles.